The number of pyridine rings is 1. The average molecular weight is 411 g/mol. The van der Waals surface area contributed by atoms with E-state index < -0.39 is 0 Å². The molecule has 1 aliphatic heterocycles. The molecule has 6 heteroatoms. The van der Waals surface area contributed by atoms with Crippen LogP contribution >= 0.6 is 0 Å². The lowest BCUT2D eigenvalue weighted by Gasteiger charge is -2.42. The number of hydrogen-bond donors (Lipinski definition) is 1. The van der Waals surface area contributed by atoms with Crippen LogP contribution in [0.4, 0.5) is 5.82 Å². The van der Waals surface area contributed by atoms with E-state index in [0.29, 0.717) is 0 Å². The van der Waals surface area contributed by atoms with Gasteiger partial charge in [0, 0.05) is 36.6 Å². The number of nitrogens with zero attached hydrogens (tertiary/aromatic N) is 5. The summed E-state index contributed by atoms with van der Waals surface area (Å²) >= 11 is 0. The molecule has 0 unspecified atom stereocenters. The third-order valence-corrected chi connectivity index (χ3v) is 7.25. The van der Waals surface area contributed by atoms with Crippen molar-refractivity contribution in [2.75, 3.05) is 18.0 Å². The van der Waals surface area contributed by atoms with E-state index in [2.05, 4.69) is 58.3 Å². The Bertz CT molecular complexity index is 1250. The molecule has 1 saturated heterocycles. The second-order valence-electron chi connectivity index (χ2n) is 8.91. The summed E-state index contributed by atoms with van der Waals surface area (Å²) in [4.78, 5) is 12.1. The van der Waals surface area contributed by atoms with Gasteiger partial charge >= 0.3 is 0 Å². The van der Waals surface area contributed by atoms with E-state index in [0.717, 1.165) is 60.6 Å². The molecule has 0 radical (unpaired) electrons. The van der Waals surface area contributed by atoms with Gasteiger partial charge in [-0.15, -0.1) is 0 Å². The largest absolute Gasteiger partial charge is 0.355 e. The van der Waals surface area contributed by atoms with Crippen molar-refractivity contribution in [3.63, 3.8) is 0 Å². The minimum Gasteiger partial charge on any atom is -0.355 e. The summed E-state index contributed by atoms with van der Waals surface area (Å²) in [5, 5.41) is 4.64. The number of aromatic nitrogens is 4. The Morgan fingerprint density at radius 3 is 2.58 bits per heavy atom. The fourth-order valence-electron chi connectivity index (χ4n) is 5.54. The van der Waals surface area contributed by atoms with Gasteiger partial charge in [0.25, 0.3) is 0 Å². The van der Waals surface area contributed by atoms with E-state index in [9.17, 15) is 0 Å². The maximum Gasteiger partial charge on any atom is 0.155 e. The molecule has 2 aliphatic rings. The van der Waals surface area contributed by atoms with Gasteiger partial charge in [0.05, 0.1) is 17.6 Å². The molecule has 1 fully saturated rings. The third kappa shape index (κ3) is 2.78. The van der Waals surface area contributed by atoms with Crippen LogP contribution in [0, 0.1) is 12.3 Å². The molecule has 1 atom stereocenters. The van der Waals surface area contributed by atoms with Gasteiger partial charge in [-0.25, -0.2) is 9.50 Å². The number of piperidine rings is 1. The number of rotatable bonds is 2. The van der Waals surface area contributed by atoms with Gasteiger partial charge in [0.1, 0.15) is 5.52 Å². The van der Waals surface area contributed by atoms with Crippen LogP contribution in [0.2, 0.25) is 0 Å². The highest BCUT2D eigenvalue weighted by Gasteiger charge is 2.46. The van der Waals surface area contributed by atoms with Crippen LogP contribution in [0.5, 0.6) is 0 Å². The van der Waals surface area contributed by atoms with Gasteiger partial charge in [-0.05, 0) is 49.3 Å². The van der Waals surface area contributed by atoms with Gasteiger partial charge in [-0.2, -0.15) is 5.10 Å². The first-order chi connectivity index (χ1) is 15.2. The lowest BCUT2D eigenvalue weighted by molar-refractivity contribution is 0.187. The van der Waals surface area contributed by atoms with Gasteiger partial charge in [-0.3, -0.25) is 4.98 Å². The third-order valence-electron chi connectivity index (χ3n) is 7.25. The molecule has 1 aromatic carbocycles. The minimum atomic E-state index is 0.0727. The van der Waals surface area contributed by atoms with E-state index in [1.54, 1.807) is 0 Å². The van der Waals surface area contributed by atoms with Gasteiger partial charge in [0.15, 0.2) is 5.82 Å². The van der Waals surface area contributed by atoms with Crippen LogP contribution in [0.15, 0.2) is 60.9 Å². The Morgan fingerprint density at radius 2 is 1.81 bits per heavy atom. The maximum atomic E-state index is 6.73. The lowest BCUT2D eigenvalue weighted by atomic mass is 9.73. The monoisotopic (exact) mass is 410 g/mol. The van der Waals surface area contributed by atoms with Gasteiger partial charge in [-0.1, -0.05) is 36.4 Å². The van der Waals surface area contributed by atoms with Crippen LogP contribution in [0.25, 0.3) is 16.8 Å². The lowest BCUT2D eigenvalue weighted by Crippen LogP contribution is -2.44. The van der Waals surface area contributed by atoms with Gasteiger partial charge < -0.3 is 10.6 Å². The summed E-state index contributed by atoms with van der Waals surface area (Å²) in [6.45, 7) is 3.97. The van der Waals surface area contributed by atoms with Crippen molar-refractivity contribution in [1.29, 1.82) is 0 Å². The zero-order valence-electron chi connectivity index (χ0n) is 17.7. The molecular formula is C25H26N6. The molecule has 0 amide bonds. The molecule has 3 aromatic heterocycles. The van der Waals surface area contributed by atoms with Crippen LogP contribution in [-0.4, -0.2) is 32.7 Å². The number of fused-ring (bicyclic) bond motifs is 2. The van der Waals surface area contributed by atoms with E-state index >= 15 is 0 Å². The summed E-state index contributed by atoms with van der Waals surface area (Å²) < 4.78 is 2.04. The average Bonchev–Trinajstić information content (AvgIpc) is 3.38. The highest BCUT2D eigenvalue weighted by molar-refractivity contribution is 5.75. The minimum absolute atomic E-state index is 0.0727. The number of anilines is 1. The zero-order valence-corrected chi connectivity index (χ0v) is 17.7. The highest BCUT2D eigenvalue weighted by atomic mass is 15.3. The predicted molar refractivity (Wildman–Crippen MR) is 122 cm³/mol. The Hall–Kier alpha value is -3.25. The molecule has 6 rings (SSSR count). The number of nitrogens with two attached hydrogens (primary N) is 1. The van der Waals surface area contributed by atoms with Crippen LogP contribution in [0.1, 0.15) is 35.8 Å². The van der Waals surface area contributed by atoms with Crippen molar-refractivity contribution in [1.82, 2.24) is 19.6 Å². The second-order valence-corrected chi connectivity index (χ2v) is 8.91. The molecule has 1 aliphatic carbocycles. The van der Waals surface area contributed by atoms with Crippen molar-refractivity contribution < 1.29 is 0 Å². The molecule has 6 nitrogen and oxygen atoms in total. The standard InChI is InChI=1S/C25H26N6/c1-17-22(18-6-3-2-4-7-18)31-21(9-13-28-31)24(29-17)30-14-10-25(11-15-30)16-20-19(23(25)26)8-5-12-27-20/h2-9,12-13,23H,10-11,14-16,26H2,1H3/t23-/m1/s1. The second kappa shape index (κ2) is 6.89. The fourth-order valence-corrected chi connectivity index (χ4v) is 5.54. The van der Waals surface area contributed by atoms with Crippen molar-refractivity contribution in [2.45, 2.75) is 32.2 Å². The topological polar surface area (TPSA) is 72.3 Å². The SMILES string of the molecule is Cc1nc(N2CCC3(CC2)Cc2ncccc2[C@H]3N)c2ccnn2c1-c1ccccc1. The van der Waals surface area contributed by atoms with Crippen molar-refractivity contribution in [2.24, 2.45) is 11.1 Å². The molecule has 4 aromatic rings. The first-order valence-corrected chi connectivity index (χ1v) is 11.0. The molecule has 0 bridgehead atoms. The number of hydrogen-bond acceptors (Lipinski definition) is 5. The van der Waals surface area contributed by atoms with E-state index in [1.807, 2.05) is 29.0 Å². The molecular weight excluding hydrogens is 384 g/mol. The van der Waals surface area contributed by atoms with Gasteiger partial charge in [0.2, 0.25) is 0 Å². The first kappa shape index (κ1) is 18.5. The van der Waals surface area contributed by atoms with Crippen molar-refractivity contribution in [3.05, 3.63) is 77.9 Å². The summed E-state index contributed by atoms with van der Waals surface area (Å²) in [5.41, 5.74) is 13.5. The summed E-state index contributed by atoms with van der Waals surface area (Å²) in [6.07, 6.45) is 6.84. The summed E-state index contributed by atoms with van der Waals surface area (Å²) in [5.74, 6) is 1.02. The first-order valence-electron chi connectivity index (χ1n) is 11.0. The van der Waals surface area contributed by atoms with E-state index in [-0.39, 0.29) is 11.5 Å². The zero-order chi connectivity index (χ0) is 21.0. The molecule has 4 heterocycles. The molecule has 156 valence electrons. The Kier molecular flexibility index (Phi) is 4.11. The highest BCUT2D eigenvalue weighted by Crippen LogP contribution is 2.50. The smallest absolute Gasteiger partial charge is 0.155 e. The Balaban J connectivity index is 1.33. The van der Waals surface area contributed by atoms with Crippen LogP contribution in [0.3, 0.4) is 0 Å². The molecule has 0 saturated carbocycles. The number of aryl methyl sites for hydroxylation is 1. The van der Waals surface area contributed by atoms with Crippen molar-refractivity contribution in [3.8, 4) is 11.3 Å². The van der Waals surface area contributed by atoms with E-state index in [1.165, 1.54) is 11.3 Å². The Labute approximate surface area is 181 Å². The van der Waals surface area contributed by atoms with Crippen LogP contribution < -0.4 is 10.6 Å². The summed E-state index contributed by atoms with van der Waals surface area (Å²) in [7, 11) is 0. The van der Waals surface area contributed by atoms with Crippen molar-refractivity contribution >= 4 is 11.3 Å². The molecule has 1 spiro atoms. The quantitative estimate of drug-likeness (QED) is 0.542. The fraction of sp³-hybridized carbons (Fsp3) is 0.320. The predicted octanol–water partition coefficient (Wildman–Crippen LogP) is 3.94. The van der Waals surface area contributed by atoms with E-state index in [4.69, 9.17) is 10.7 Å². The summed E-state index contributed by atoms with van der Waals surface area (Å²) in [6, 6.07) is 16.7. The van der Waals surface area contributed by atoms with Crippen LogP contribution in [-0.2, 0) is 6.42 Å². The molecule has 2 N–H and O–H groups in total. The Morgan fingerprint density at radius 1 is 1.00 bits per heavy atom. The normalized spacial score (nSPS) is 19.8. The molecule has 31 heavy (non-hydrogen) atoms. The maximum absolute atomic E-state index is 6.73. The number of benzene rings is 1.